The summed E-state index contributed by atoms with van der Waals surface area (Å²) < 4.78 is 0. The number of pyridine rings is 1. The second kappa shape index (κ2) is 15.0. The Kier molecular flexibility index (Phi) is 8.95. The number of aromatic nitrogens is 1. The van der Waals surface area contributed by atoms with E-state index in [1.807, 2.05) is 0 Å². The summed E-state index contributed by atoms with van der Waals surface area (Å²) in [6, 6.07) is 80.3. The first kappa shape index (κ1) is 38.1. The van der Waals surface area contributed by atoms with Gasteiger partial charge in [0.2, 0.25) is 0 Å². The Hall–Kier alpha value is -7.61. The fourth-order valence-electron chi connectivity index (χ4n) is 11.5. The van der Waals surface area contributed by atoms with Crippen LogP contribution in [0.2, 0.25) is 0 Å². The van der Waals surface area contributed by atoms with E-state index in [-0.39, 0.29) is 17.3 Å². The molecular formula is C63H47N. The van der Waals surface area contributed by atoms with Gasteiger partial charge in [0, 0.05) is 28.4 Å². The van der Waals surface area contributed by atoms with Crippen molar-refractivity contribution in [2.24, 2.45) is 5.92 Å². The smallest absolute Gasteiger partial charge is 0.0718 e. The lowest BCUT2D eigenvalue weighted by molar-refractivity contribution is 0.421. The number of rotatable bonds is 6. The molecule has 3 aliphatic rings. The molecule has 0 fully saturated rings. The Balaban J connectivity index is 1.06. The maximum atomic E-state index is 5.56. The van der Waals surface area contributed by atoms with Crippen molar-refractivity contribution < 1.29 is 0 Å². The molecule has 304 valence electrons. The SMILES string of the molecule is CC1(C)c2ccccc2C2(c3ccccc31)c1cccc(-c3cc(-c4ccccc4)cc(-c4ccccc4)n3)c1C1C=C(c3ccc(-c4cccc(-c5ccccc5)c4)cc3)C=CC12. The van der Waals surface area contributed by atoms with Crippen LogP contribution in [0.4, 0.5) is 0 Å². The molecule has 12 rings (SSSR count). The molecule has 0 saturated carbocycles. The van der Waals surface area contributed by atoms with E-state index < -0.39 is 5.41 Å². The van der Waals surface area contributed by atoms with Crippen molar-refractivity contribution in [2.75, 3.05) is 0 Å². The van der Waals surface area contributed by atoms with Crippen LogP contribution in [0, 0.1) is 5.92 Å². The maximum Gasteiger partial charge on any atom is 0.0718 e. The van der Waals surface area contributed by atoms with Crippen molar-refractivity contribution in [1.82, 2.24) is 4.98 Å². The highest BCUT2D eigenvalue weighted by atomic mass is 14.7. The number of nitrogens with zero attached hydrogens (tertiary/aromatic N) is 1. The molecule has 64 heavy (non-hydrogen) atoms. The molecule has 0 amide bonds. The van der Waals surface area contributed by atoms with Crippen molar-refractivity contribution >= 4 is 5.57 Å². The number of hydrogen-bond donors (Lipinski definition) is 0. The number of allylic oxidation sites excluding steroid dienone is 4. The van der Waals surface area contributed by atoms with Gasteiger partial charge in [-0.05, 0) is 96.1 Å². The second-order valence-corrected chi connectivity index (χ2v) is 18.2. The van der Waals surface area contributed by atoms with Gasteiger partial charge in [0.1, 0.15) is 0 Å². The van der Waals surface area contributed by atoms with E-state index in [0.29, 0.717) is 0 Å². The molecular weight excluding hydrogens is 771 g/mol. The summed E-state index contributed by atoms with van der Waals surface area (Å²) in [5, 5.41) is 0. The third-order valence-electron chi connectivity index (χ3n) is 14.4. The van der Waals surface area contributed by atoms with E-state index in [1.165, 1.54) is 77.9 Å². The van der Waals surface area contributed by atoms with Crippen LogP contribution in [0.1, 0.15) is 58.7 Å². The highest BCUT2D eigenvalue weighted by molar-refractivity contribution is 5.85. The molecule has 0 radical (unpaired) electrons. The van der Waals surface area contributed by atoms with Crippen molar-refractivity contribution in [1.29, 1.82) is 0 Å². The van der Waals surface area contributed by atoms with Gasteiger partial charge in [0.05, 0.1) is 16.8 Å². The molecule has 1 heteroatoms. The van der Waals surface area contributed by atoms with E-state index in [2.05, 4.69) is 250 Å². The summed E-state index contributed by atoms with van der Waals surface area (Å²) in [5.41, 5.74) is 21.8. The first-order chi connectivity index (χ1) is 31.5. The molecule has 0 aliphatic heterocycles. The van der Waals surface area contributed by atoms with Crippen LogP contribution < -0.4 is 0 Å². The van der Waals surface area contributed by atoms with Gasteiger partial charge >= 0.3 is 0 Å². The summed E-state index contributed by atoms with van der Waals surface area (Å²) in [6.07, 6.45) is 7.54. The van der Waals surface area contributed by atoms with Gasteiger partial charge < -0.3 is 0 Å². The lowest BCUT2D eigenvalue weighted by atomic mass is 9.53. The Bertz CT molecular complexity index is 3170. The van der Waals surface area contributed by atoms with Gasteiger partial charge in [-0.2, -0.15) is 0 Å². The topological polar surface area (TPSA) is 12.9 Å². The van der Waals surface area contributed by atoms with Gasteiger partial charge in [-0.15, -0.1) is 0 Å². The molecule has 0 N–H and O–H groups in total. The molecule has 0 saturated heterocycles. The van der Waals surface area contributed by atoms with E-state index in [1.54, 1.807) is 0 Å². The summed E-state index contributed by atoms with van der Waals surface area (Å²) >= 11 is 0. The molecule has 3 aliphatic carbocycles. The lowest BCUT2D eigenvalue weighted by Crippen LogP contribution is -2.44. The average Bonchev–Trinajstić information content (AvgIpc) is 3.67. The highest BCUT2D eigenvalue weighted by Crippen LogP contribution is 2.66. The predicted octanol–water partition coefficient (Wildman–Crippen LogP) is 15.8. The molecule has 1 aromatic heterocycles. The van der Waals surface area contributed by atoms with Gasteiger partial charge in [-0.1, -0.05) is 232 Å². The van der Waals surface area contributed by atoms with Crippen molar-refractivity contribution in [2.45, 2.75) is 30.6 Å². The summed E-state index contributed by atoms with van der Waals surface area (Å²) in [6.45, 7) is 4.81. The minimum atomic E-state index is -0.413. The third-order valence-corrected chi connectivity index (χ3v) is 14.4. The van der Waals surface area contributed by atoms with Crippen LogP contribution in [0.3, 0.4) is 0 Å². The molecule has 8 aromatic carbocycles. The molecule has 0 bridgehead atoms. The van der Waals surface area contributed by atoms with Gasteiger partial charge in [0.15, 0.2) is 0 Å². The van der Waals surface area contributed by atoms with Crippen LogP contribution in [-0.4, -0.2) is 4.98 Å². The van der Waals surface area contributed by atoms with Crippen molar-refractivity contribution in [3.05, 3.63) is 276 Å². The minimum absolute atomic E-state index is 0.0816. The van der Waals surface area contributed by atoms with Crippen LogP contribution >= 0.6 is 0 Å². The van der Waals surface area contributed by atoms with Crippen molar-refractivity contribution in [3.63, 3.8) is 0 Å². The molecule has 9 aromatic rings. The van der Waals surface area contributed by atoms with Crippen LogP contribution in [-0.2, 0) is 10.8 Å². The zero-order valence-corrected chi connectivity index (χ0v) is 36.1. The fourth-order valence-corrected chi connectivity index (χ4v) is 11.5. The monoisotopic (exact) mass is 817 g/mol. The Morgan fingerprint density at radius 3 is 1.47 bits per heavy atom. The molecule has 1 heterocycles. The molecule has 2 atom stereocenters. The summed E-state index contributed by atoms with van der Waals surface area (Å²) in [5.74, 6) is 0.217. The minimum Gasteiger partial charge on any atom is -0.248 e. The Labute approximate surface area is 376 Å². The Morgan fingerprint density at radius 2 is 0.844 bits per heavy atom. The highest BCUT2D eigenvalue weighted by Gasteiger charge is 2.58. The standard InChI is InChI=1S/C63H47N/c1-62(2)54-27-12-14-29-56(54)63(57-30-15-13-28-55(57)62)53-37-36-49(45-34-32-44(33-35-45)48-25-16-24-47(38-48)42-18-6-3-7-19-42)39-52(53)61-51(26-17-31-58(61)63)60-41-50(43-20-8-4-9-21-43)40-59(64-60)46-22-10-5-11-23-46/h3-41,52-53H,1-2H3. The van der Waals surface area contributed by atoms with Gasteiger partial charge in [-0.25, -0.2) is 4.98 Å². The lowest BCUT2D eigenvalue weighted by Gasteiger charge is -2.49. The maximum absolute atomic E-state index is 5.56. The average molecular weight is 818 g/mol. The first-order valence-electron chi connectivity index (χ1n) is 22.6. The molecule has 1 spiro atoms. The predicted molar refractivity (Wildman–Crippen MR) is 266 cm³/mol. The van der Waals surface area contributed by atoms with E-state index in [4.69, 9.17) is 4.98 Å². The largest absolute Gasteiger partial charge is 0.248 e. The second-order valence-electron chi connectivity index (χ2n) is 18.2. The summed E-state index contributed by atoms with van der Waals surface area (Å²) in [4.78, 5) is 5.56. The van der Waals surface area contributed by atoms with Crippen LogP contribution in [0.25, 0.3) is 61.5 Å². The third kappa shape index (κ3) is 5.95. The van der Waals surface area contributed by atoms with Gasteiger partial charge in [-0.3, -0.25) is 0 Å². The fraction of sp³-hybridized carbons (Fsp3) is 0.0952. The zero-order valence-electron chi connectivity index (χ0n) is 36.1. The van der Waals surface area contributed by atoms with E-state index >= 15 is 0 Å². The van der Waals surface area contributed by atoms with E-state index in [9.17, 15) is 0 Å². The Morgan fingerprint density at radius 1 is 0.375 bits per heavy atom. The van der Waals surface area contributed by atoms with Crippen LogP contribution in [0.5, 0.6) is 0 Å². The first-order valence-corrected chi connectivity index (χ1v) is 22.6. The summed E-state index contributed by atoms with van der Waals surface area (Å²) in [7, 11) is 0. The number of hydrogen-bond acceptors (Lipinski definition) is 1. The molecule has 2 unspecified atom stereocenters. The van der Waals surface area contributed by atoms with Gasteiger partial charge in [0.25, 0.3) is 0 Å². The number of fused-ring (bicyclic) bond motifs is 9. The zero-order chi connectivity index (χ0) is 42.8. The quantitative estimate of drug-likeness (QED) is 0.163. The number of benzene rings is 8. The van der Waals surface area contributed by atoms with E-state index in [0.717, 1.165) is 22.5 Å². The van der Waals surface area contributed by atoms with Crippen LogP contribution in [0.15, 0.2) is 237 Å². The van der Waals surface area contributed by atoms with Crippen molar-refractivity contribution in [3.8, 4) is 55.9 Å². The molecule has 1 nitrogen and oxygen atoms in total. The normalized spacial score (nSPS) is 17.2.